The Kier molecular flexibility index (Phi) is 7.09. The van der Waals surface area contributed by atoms with Crippen molar-refractivity contribution in [2.45, 2.75) is 29.9 Å². The van der Waals surface area contributed by atoms with Crippen molar-refractivity contribution in [3.05, 3.63) is 63.1 Å². The number of aliphatic hydroxyl groups is 1. The third-order valence-corrected chi connectivity index (χ3v) is 7.39. The minimum absolute atomic E-state index is 0.0155. The molecule has 0 unspecified atom stereocenters. The molecule has 2 aromatic carbocycles. The van der Waals surface area contributed by atoms with Gasteiger partial charge in [0.25, 0.3) is 0 Å². The predicted octanol–water partition coefficient (Wildman–Crippen LogP) is 3.13. The van der Waals surface area contributed by atoms with Gasteiger partial charge in [-0.2, -0.15) is 4.31 Å². The summed E-state index contributed by atoms with van der Waals surface area (Å²) in [4.78, 5) is 12.7. The molecule has 0 saturated carbocycles. The molecule has 3 rings (SSSR count). The topological polar surface area (TPSA) is 86.7 Å². The zero-order valence-electron chi connectivity index (χ0n) is 15.2. The molecule has 0 radical (unpaired) electrons. The summed E-state index contributed by atoms with van der Waals surface area (Å²) >= 11 is 17.8. The van der Waals surface area contributed by atoms with Crippen LogP contribution in [0.3, 0.4) is 0 Å². The summed E-state index contributed by atoms with van der Waals surface area (Å²) in [6.45, 7) is 0.119. The molecule has 0 spiro atoms. The summed E-state index contributed by atoms with van der Waals surface area (Å²) in [6.07, 6.45) is -0.431. The van der Waals surface area contributed by atoms with Gasteiger partial charge in [-0.3, -0.25) is 4.79 Å². The van der Waals surface area contributed by atoms with E-state index in [4.69, 9.17) is 34.8 Å². The molecule has 1 aliphatic rings. The van der Waals surface area contributed by atoms with Crippen molar-refractivity contribution >= 4 is 50.7 Å². The van der Waals surface area contributed by atoms with E-state index >= 15 is 0 Å². The number of hydrogen-bond acceptors (Lipinski definition) is 4. The quantitative estimate of drug-likeness (QED) is 0.669. The van der Waals surface area contributed by atoms with E-state index in [9.17, 15) is 18.3 Å². The van der Waals surface area contributed by atoms with Gasteiger partial charge in [0.1, 0.15) is 6.04 Å². The van der Waals surface area contributed by atoms with E-state index in [1.807, 2.05) is 0 Å². The van der Waals surface area contributed by atoms with Crippen LogP contribution in [-0.4, -0.2) is 49.0 Å². The number of carbonyl (C=O) groups excluding carboxylic acids is 1. The van der Waals surface area contributed by atoms with Gasteiger partial charge in [0.15, 0.2) is 0 Å². The fourth-order valence-corrected chi connectivity index (χ4v) is 5.46. The molecule has 6 nitrogen and oxygen atoms in total. The monoisotopic (exact) mass is 476 g/mol. The number of carbonyl (C=O) groups is 1. The fourth-order valence-electron chi connectivity index (χ4n) is 3.19. The van der Waals surface area contributed by atoms with E-state index in [2.05, 4.69) is 5.32 Å². The number of hydrogen-bond donors (Lipinski definition) is 2. The molecule has 1 aliphatic heterocycles. The zero-order valence-corrected chi connectivity index (χ0v) is 18.3. The molecule has 2 aromatic rings. The van der Waals surface area contributed by atoms with Crippen LogP contribution in [0, 0.1) is 0 Å². The molecule has 2 N–H and O–H groups in total. The number of nitrogens with one attached hydrogen (secondary N) is 1. The number of sulfonamides is 1. The fraction of sp³-hybridized carbons (Fsp3) is 0.316. The van der Waals surface area contributed by atoms with Crippen LogP contribution in [0.2, 0.25) is 15.1 Å². The van der Waals surface area contributed by atoms with Crippen LogP contribution >= 0.6 is 34.8 Å². The summed E-state index contributed by atoms with van der Waals surface area (Å²) in [5, 5.41) is 14.1. The van der Waals surface area contributed by atoms with E-state index < -0.39 is 28.1 Å². The SMILES string of the molecule is O=C(NCCc1ccc(Cl)cc1Cl)[C@H]1C[C@H](O)CN1S(=O)(=O)c1ccc(Cl)cc1. The number of rotatable bonds is 6. The highest BCUT2D eigenvalue weighted by Crippen LogP contribution is 2.27. The van der Waals surface area contributed by atoms with Crippen molar-refractivity contribution in [1.29, 1.82) is 0 Å². The molecule has 1 saturated heterocycles. The van der Waals surface area contributed by atoms with Crippen LogP contribution in [0.1, 0.15) is 12.0 Å². The Morgan fingerprint density at radius 2 is 1.76 bits per heavy atom. The molecule has 0 aromatic heterocycles. The van der Waals surface area contributed by atoms with Crippen molar-refractivity contribution < 1.29 is 18.3 Å². The van der Waals surface area contributed by atoms with Gasteiger partial charge in [-0.15, -0.1) is 0 Å². The lowest BCUT2D eigenvalue weighted by atomic mass is 10.1. The Hall–Kier alpha value is -1.35. The number of benzene rings is 2. The maximum atomic E-state index is 12.9. The summed E-state index contributed by atoms with van der Waals surface area (Å²) < 4.78 is 26.9. The third kappa shape index (κ3) is 5.23. The van der Waals surface area contributed by atoms with Gasteiger partial charge < -0.3 is 10.4 Å². The number of halogens is 3. The van der Waals surface area contributed by atoms with Crippen molar-refractivity contribution in [3.8, 4) is 0 Å². The highest BCUT2D eigenvalue weighted by molar-refractivity contribution is 7.89. The first kappa shape index (κ1) is 22.3. The van der Waals surface area contributed by atoms with Crippen molar-refractivity contribution in [1.82, 2.24) is 9.62 Å². The zero-order chi connectivity index (χ0) is 21.2. The Labute approximate surface area is 184 Å². The Morgan fingerprint density at radius 1 is 1.10 bits per heavy atom. The number of β-amino-alcohol motifs (C(OH)–C–C–N with tert-alkyl or cyclic N) is 1. The Morgan fingerprint density at radius 3 is 2.41 bits per heavy atom. The first-order valence-corrected chi connectivity index (χ1v) is 11.4. The van der Waals surface area contributed by atoms with Crippen LogP contribution < -0.4 is 5.32 Å². The first-order chi connectivity index (χ1) is 13.7. The maximum Gasteiger partial charge on any atom is 0.243 e. The van der Waals surface area contributed by atoms with E-state index in [0.29, 0.717) is 21.5 Å². The molecule has 1 fully saturated rings. The molecule has 10 heteroatoms. The molecular formula is C19H19Cl3N2O4S. The molecule has 2 atom stereocenters. The van der Waals surface area contributed by atoms with Crippen LogP contribution in [0.5, 0.6) is 0 Å². The molecule has 0 bridgehead atoms. The second-order valence-electron chi connectivity index (χ2n) is 6.71. The van der Waals surface area contributed by atoms with Crippen LogP contribution in [0.4, 0.5) is 0 Å². The average molecular weight is 478 g/mol. The molecule has 1 amide bonds. The first-order valence-electron chi connectivity index (χ1n) is 8.85. The molecule has 1 heterocycles. The highest BCUT2D eigenvalue weighted by Gasteiger charge is 2.43. The summed E-state index contributed by atoms with van der Waals surface area (Å²) in [5.74, 6) is -0.468. The van der Waals surface area contributed by atoms with Gasteiger partial charge in [-0.25, -0.2) is 8.42 Å². The summed E-state index contributed by atoms with van der Waals surface area (Å²) in [7, 11) is -3.95. The molecule has 156 valence electrons. The van der Waals surface area contributed by atoms with E-state index in [1.54, 1.807) is 18.2 Å². The highest BCUT2D eigenvalue weighted by atomic mass is 35.5. The van der Waals surface area contributed by atoms with Crippen molar-refractivity contribution in [2.24, 2.45) is 0 Å². The normalized spacial score (nSPS) is 20.0. The smallest absolute Gasteiger partial charge is 0.243 e. The minimum atomic E-state index is -3.95. The van der Waals surface area contributed by atoms with E-state index in [0.717, 1.165) is 9.87 Å². The number of aliphatic hydroxyl groups excluding tert-OH is 1. The molecular weight excluding hydrogens is 459 g/mol. The van der Waals surface area contributed by atoms with Crippen LogP contribution in [0.25, 0.3) is 0 Å². The lowest BCUT2D eigenvalue weighted by molar-refractivity contribution is -0.124. The van der Waals surface area contributed by atoms with Gasteiger partial charge in [0, 0.05) is 34.6 Å². The van der Waals surface area contributed by atoms with Crippen LogP contribution in [0.15, 0.2) is 47.4 Å². The van der Waals surface area contributed by atoms with E-state index in [-0.39, 0.29) is 24.4 Å². The summed E-state index contributed by atoms with van der Waals surface area (Å²) in [5.41, 5.74) is 0.813. The van der Waals surface area contributed by atoms with Gasteiger partial charge in [0.2, 0.25) is 15.9 Å². The molecule has 0 aliphatic carbocycles. The Balaban J connectivity index is 1.69. The van der Waals surface area contributed by atoms with Crippen LogP contribution in [-0.2, 0) is 21.2 Å². The predicted molar refractivity (Wildman–Crippen MR) is 113 cm³/mol. The van der Waals surface area contributed by atoms with E-state index in [1.165, 1.54) is 24.3 Å². The maximum absolute atomic E-state index is 12.9. The Bertz CT molecular complexity index is 999. The third-order valence-electron chi connectivity index (χ3n) is 4.67. The average Bonchev–Trinajstić information content (AvgIpc) is 3.06. The number of nitrogens with zero attached hydrogens (tertiary/aromatic N) is 1. The second-order valence-corrected chi connectivity index (χ2v) is 9.88. The van der Waals surface area contributed by atoms with Gasteiger partial charge in [0.05, 0.1) is 11.0 Å². The summed E-state index contributed by atoms with van der Waals surface area (Å²) in [6, 6.07) is 9.78. The van der Waals surface area contributed by atoms with Crippen molar-refractivity contribution in [3.63, 3.8) is 0 Å². The number of amides is 1. The second kappa shape index (κ2) is 9.20. The standard InChI is InChI=1S/C19H19Cl3N2O4S/c20-13-3-5-16(6-4-13)29(27,28)24-11-15(25)10-18(24)19(26)23-8-7-12-1-2-14(21)9-17(12)22/h1-6,9,15,18,25H,7-8,10-11H2,(H,23,26)/t15-,18+/m0/s1. The van der Waals surface area contributed by atoms with Gasteiger partial charge >= 0.3 is 0 Å². The van der Waals surface area contributed by atoms with Gasteiger partial charge in [-0.05, 0) is 48.4 Å². The minimum Gasteiger partial charge on any atom is -0.392 e. The van der Waals surface area contributed by atoms with Gasteiger partial charge in [-0.1, -0.05) is 40.9 Å². The lowest BCUT2D eigenvalue weighted by Gasteiger charge is -2.23. The lowest BCUT2D eigenvalue weighted by Crippen LogP contribution is -2.46. The van der Waals surface area contributed by atoms with Crippen molar-refractivity contribution in [2.75, 3.05) is 13.1 Å². The molecule has 29 heavy (non-hydrogen) atoms. The largest absolute Gasteiger partial charge is 0.392 e.